The number of benzene rings is 2. The fourth-order valence-corrected chi connectivity index (χ4v) is 3.70. The van der Waals surface area contributed by atoms with Gasteiger partial charge in [0.1, 0.15) is 0 Å². The highest BCUT2D eigenvalue weighted by molar-refractivity contribution is 7.24. The highest BCUT2D eigenvalue weighted by atomic mass is 32.1. The molecule has 2 aromatic carbocycles. The first-order valence-corrected chi connectivity index (χ1v) is 7.17. The predicted molar refractivity (Wildman–Crippen MR) is 85.1 cm³/mol. The van der Waals surface area contributed by atoms with Crippen LogP contribution < -0.4 is 5.43 Å². The molecule has 3 rings (SSSR count). The van der Waals surface area contributed by atoms with Gasteiger partial charge < -0.3 is 0 Å². The Balaban J connectivity index is 2.60. The van der Waals surface area contributed by atoms with Gasteiger partial charge in [0.25, 0.3) is 0 Å². The lowest BCUT2D eigenvalue weighted by atomic mass is 10.1. The summed E-state index contributed by atoms with van der Waals surface area (Å²) in [5, 5.41) is 1.68. The molecule has 0 aliphatic heterocycles. The number of fused-ring (bicyclic) bond motifs is 2. The van der Waals surface area contributed by atoms with Gasteiger partial charge >= 0.3 is 0 Å². The van der Waals surface area contributed by atoms with Crippen LogP contribution in [0.5, 0.6) is 0 Å². The Morgan fingerprint density at radius 2 is 2.00 bits per heavy atom. The van der Waals surface area contributed by atoms with E-state index in [1.165, 1.54) is 0 Å². The Kier molecular flexibility index (Phi) is 2.96. The van der Waals surface area contributed by atoms with E-state index in [0.717, 1.165) is 37.7 Å². The van der Waals surface area contributed by atoms with Crippen molar-refractivity contribution in [2.45, 2.75) is 13.3 Å². The van der Waals surface area contributed by atoms with Crippen LogP contribution in [-0.4, -0.2) is 0 Å². The standard InChI is InChI=1S/C17H14OS/c1-3-11-7-6-10-14-15(11)16(18)13-9-5-8-12(4-2)17(13)19-14/h4-10H,2-3H2,1H3. The first-order valence-electron chi connectivity index (χ1n) is 6.36. The highest BCUT2D eigenvalue weighted by Crippen LogP contribution is 2.29. The van der Waals surface area contributed by atoms with Gasteiger partial charge in [0.15, 0.2) is 5.43 Å². The minimum Gasteiger partial charge on any atom is -0.288 e. The second-order valence-corrected chi connectivity index (χ2v) is 5.56. The van der Waals surface area contributed by atoms with Gasteiger partial charge in [-0.2, -0.15) is 0 Å². The molecule has 1 nitrogen and oxygen atoms in total. The van der Waals surface area contributed by atoms with E-state index in [1.807, 2.05) is 42.5 Å². The molecule has 1 heterocycles. The van der Waals surface area contributed by atoms with E-state index in [-0.39, 0.29) is 5.43 Å². The third-order valence-corrected chi connectivity index (χ3v) is 4.66. The zero-order valence-electron chi connectivity index (χ0n) is 10.8. The lowest BCUT2D eigenvalue weighted by Crippen LogP contribution is -2.04. The lowest BCUT2D eigenvalue weighted by molar-refractivity contribution is 1.16. The predicted octanol–water partition coefficient (Wildman–Crippen LogP) is 4.62. The number of hydrogen-bond donors (Lipinski definition) is 0. The lowest BCUT2D eigenvalue weighted by Gasteiger charge is -2.06. The molecule has 3 aromatic rings. The molecule has 0 aliphatic rings. The molecule has 0 aliphatic carbocycles. The minimum atomic E-state index is 0.143. The maximum atomic E-state index is 12.7. The van der Waals surface area contributed by atoms with Gasteiger partial charge in [-0.15, -0.1) is 11.3 Å². The van der Waals surface area contributed by atoms with Crippen LogP contribution in [0.2, 0.25) is 0 Å². The molecule has 0 atom stereocenters. The van der Waals surface area contributed by atoms with Crippen molar-refractivity contribution in [3.8, 4) is 0 Å². The third kappa shape index (κ3) is 1.80. The van der Waals surface area contributed by atoms with Crippen LogP contribution in [0.15, 0.2) is 47.8 Å². The summed E-state index contributed by atoms with van der Waals surface area (Å²) in [5.74, 6) is 0. The van der Waals surface area contributed by atoms with Crippen molar-refractivity contribution < 1.29 is 0 Å². The van der Waals surface area contributed by atoms with E-state index >= 15 is 0 Å². The highest BCUT2D eigenvalue weighted by Gasteiger charge is 2.10. The fourth-order valence-electron chi connectivity index (χ4n) is 2.47. The van der Waals surface area contributed by atoms with Crippen molar-refractivity contribution in [2.75, 3.05) is 0 Å². The number of aryl methyl sites for hydroxylation is 1. The van der Waals surface area contributed by atoms with E-state index in [1.54, 1.807) is 11.3 Å². The molecule has 0 unspecified atom stereocenters. The normalized spacial score (nSPS) is 11.0. The van der Waals surface area contributed by atoms with E-state index in [9.17, 15) is 4.79 Å². The monoisotopic (exact) mass is 266 g/mol. The molecule has 2 heteroatoms. The molecule has 0 fully saturated rings. The van der Waals surface area contributed by atoms with Gasteiger partial charge in [0, 0.05) is 20.2 Å². The van der Waals surface area contributed by atoms with E-state index in [0.29, 0.717) is 0 Å². The molecule has 0 N–H and O–H groups in total. The first-order chi connectivity index (χ1) is 9.26. The Hall–Kier alpha value is -1.93. The van der Waals surface area contributed by atoms with Crippen LogP contribution in [0.4, 0.5) is 0 Å². The largest absolute Gasteiger partial charge is 0.288 e. The van der Waals surface area contributed by atoms with E-state index in [4.69, 9.17) is 0 Å². The van der Waals surface area contributed by atoms with Crippen LogP contribution in [0.3, 0.4) is 0 Å². The fraction of sp³-hybridized carbons (Fsp3) is 0.118. The number of rotatable bonds is 2. The summed E-state index contributed by atoms with van der Waals surface area (Å²) in [6.07, 6.45) is 2.69. The Morgan fingerprint density at radius 1 is 1.21 bits per heavy atom. The maximum absolute atomic E-state index is 12.7. The molecule has 0 amide bonds. The van der Waals surface area contributed by atoms with Gasteiger partial charge in [0.2, 0.25) is 0 Å². The van der Waals surface area contributed by atoms with Gasteiger partial charge in [-0.3, -0.25) is 4.79 Å². The van der Waals surface area contributed by atoms with E-state index < -0.39 is 0 Å². The first kappa shape index (κ1) is 12.1. The summed E-state index contributed by atoms with van der Waals surface area (Å²) in [5.41, 5.74) is 2.30. The molecule has 0 radical (unpaired) electrons. The summed E-state index contributed by atoms with van der Waals surface area (Å²) >= 11 is 1.67. The van der Waals surface area contributed by atoms with Crippen molar-refractivity contribution in [3.63, 3.8) is 0 Å². The Labute approximate surface area is 115 Å². The maximum Gasteiger partial charge on any atom is 0.196 e. The van der Waals surface area contributed by atoms with Gasteiger partial charge in [-0.1, -0.05) is 43.8 Å². The molecule has 0 saturated heterocycles. The zero-order chi connectivity index (χ0) is 13.4. The average molecular weight is 266 g/mol. The summed E-state index contributed by atoms with van der Waals surface area (Å²) in [7, 11) is 0. The molecule has 0 saturated carbocycles. The van der Waals surface area contributed by atoms with Crippen molar-refractivity contribution in [1.82, 2.24) is 0 Å². The molecule has 0 bridgehead atoms. The van der Waals surface area contributed by atoms with Crippen molar-refractivity contribution in [1.29, 1.82) is 0 Å². The molecule has 94 valence electrons. The van der Waals surface area contributed by atoms with Gasteiger partial charge in [0.05, 0.1) is 0 Å². The van der Waals surface area contributed by atoms with Crippen LogP contribution in [0, 0.1) is 0 Å². The second-order valence-electron chi connectivity index (χ2n) is 4.50. The molecule has 0 spiro atoms. The molecule has 19 heavy (non-hydrogen) atoms. The average Bonchev–Trinajstić information content (AvgIpc) is 2.46. The summed E-state index contributed by atoms with van der Waals surface area (Å²) in [6.45, 7) is 5.92. The van der Waals surface area contributed by atoms with Crippen molar-refractivity contribution >= 4 is 37.6 Å². The van der Waals surface area contributed by atoms with Crippen LogP contribution in [0.25, 0.3) is 26.2 Å². The van der Waals surface area contributed by atoms with E-state index in [2.05, 4.69) is 13.5 Å². The minimum absolute atomic E-state index is 0.143. The topological polar surface area (TPSA) is 17.1 Å². The van der Waals surface area contributed by atoms with Crippen LogP contribution in [-0.2, 0) is 6.42 Å². The summed E-state index contributed by atoms with van der Waals surface area (Å²) in [4.78, 5) is 12.7. The number of hydrogen-bond acceptors (Lipinski definition) is 2. The van der Waals surface area contributed by atoms with Crippen molar-refractivity contribution in [3.05, 3.63) is 64.3 Å². The SMILES string of the molecule is C=Cc1cccc2c(=O)c3c(CC)cccc3sc12. The van der Waals surface area contributed by atoms with Crippen LogP contribution in [0.1, 0.15) is 18.1 Å². The Morgan fingerprint density at radius 3 is 2.74 bits per heavy atom. The van der Waals surface area contributed by atoms with Gasteiger partial charge in [-0.25, -0.2) is 0 Å². The Bertz CT molecular complexity index is 843. The smallest absolute Gasteiger partial charge is 0.196 e. The zero-order valence-corrected chi connectivity index (χ0v) is 11.6. The van der Waals surface area contributed by atoms with Crippen LogP contribution >= 0.6 is 11.3 Å². The van der Waals surface area contributed by atoms with Crippen molar-refractivity contribution in [2.24, 2.45) is 0 Å². The molecular formula is C17H14OS. The summed E-state index contributed by atoms with van der Waals surface area (Å²) < 4.78 is 2.09. The third-order valence-electron chi connectivity index (χ3n) is 3.44. The molecule has 1 aromatic heterocycles. The van der Waals surface area contributed by atoms with Gasteiger partial charge in [-0.05, 0) is 29.7 Å². The summed E-state index contributed by atoms with van der Waals surface area (Å²) in [6, 6.07) is 11.9. The quantitative estimate of drug-likeness (QED) is 0.618. The second kappa shape index (κ2) is 4.63. The molecular weight excluding hydrogens is 252 g/mol.